The van der Waals surface area contributed by atoms with Crippen LogP contribution in [-0.4, -0.2) is 71.0 Å². The quantitative estimate of drug-likeness (QED) is 0.0269. The third-order valence-electron chi connectivity index (χ3n) is 14.3. The van der Waals surface area contributed by atoms with Gasteiger partial charge >= 0.3 is 25.1 Å². The minimum Gasteiger partial charge on any atom is -0.428 e. The van der Waals surface area contributed by atoms with Gasteiger partial charge in [-0.1, -0.05) is 136 Å². The minimum atomic E-state index is -4.96. The molecule has 1 aliphatic heterocycles. The van der Waals surface area contributed by atoms with Gasteiger partial charge in [0.25, 0.3) is 16.9 Å². The first-order chi connectivity index (χ1) is 43.8. The van der Waals surface area contributed by atoms with E-state index in [9.17, 15) is 71.9 Å². The summed E-state index contributed by atoms with van der Waals surface area (Å²) >= 11 is 5.12. The van der Waals surface area contributed by atoms with Crippen LogP contribution in [0.1, 0.15) is 81.8 Å². The molecule has 494 valence electrons. The zero-order valence-corrected chi connectivity index (χ0v) is 48.6. The van der Waals surface area contributed by atoms with Gasteiger partial charge in [-0.15, -0.1) is 0 Å². The van der Waals surface area contributed by atoms with Gasteiger partial charge in [-0.05, 0) is 125 Å². The van der Waals surface area contributed by atoms with Crippen molar-refractivity contribution in [2.45, 2.75) is 76.7 Å². The van der Waals surface area contributed by atoms with Crippen molar-refractivity contribution in [1.29, 1.82) is 0 Å². The number of benzene rings is 8. The first-order valence-corrected chi connectivity index (χ1v) is 28.2. The van der Waals surface area contributed by atoms with Crippen LogP contribution < -0.4 is 20.5 Å². The van der Waals surface area contributed by atoms with Gasteiger partial charge in [0.2, 0.25) is 5.78 Å². The molecule has 0 bridgehead atoms. The Bertz CT molecular complexity index is 4150. The number of nitrogens with two attached hydrogens (primary N) is 1. The number of halogens is 13. The van der Waals surface area contributed by atoms with Gasteiger partial charge in [0.05, 0.1) is 22.2 Å². The molecule has 1 fully saturated rings. The van der Waals surface area contributed by atoms with Gasteiger partial charge in [0.15, 0.2) is 0 Å². The number of nitrogens with one attached hydrogen (secondary N) is 3. The van der Waals surface area contributed by atoms with Gasteiger partial charge in [-0.3, -0.25) is 19.2 Å². The van der Waals surface area contributed by atoms with Crippen LogP contribution in [0.4, 0.5) is 52.7 Å². The summed E-state index contributed by atoms with van der Waals surface area (Å²) in [6, 6.07) is 45.7. The molecule has 0 unspecified atom stereocenters. The molecular weight excluding hydrogens is 1270 g/mol. The summed E-state index contributed by atoms with van der Waals surface area (Å²) in [5.74, 6) is -7.92. The molecule has 1 saturated heterocycles. The molecule has 94 heavy (non-hydrogen) atoms. The van der Waals surface area contributed by atoms with Gasteiger partial charge in [-0.2, -0.15) is 35.1 Å². The first-order valence-electron chi connectivity index (χ1n) is 27.8. The molecule has 5 N–H and O–H groups in total. The first kappa shape index (κ1) is 73.3. The van der Waals surface area contributed by atoms with E-state index in [0.29, 0.717) is 45.1 Å². The number of para-hydroxylation sites is 2. The zero-order chi connectivity index (χ0) is 66.4. The molecule has 2 aromatic heterocycles. The molecule has 3 heterocycles. The summed E-state index contributed by atoms with van der Waals surface area (Å²) < 4.78 is 175. The van der Waals surface area contributed by atoms with Crippen LogP contribution in [0.15, 0.2) is 207 Å². The summed E-state index contributed by atoms with van der Waals surface area (Å²) in [4.78, 5) is 55.0. The number of rotatable bonds is 19. The van der Waals surface area contributed by atoms with Crippen LogP contribution in [0.25, 0.3) is 21.8 Å². The van der Waals surface area contributed by atoms with Crippen LogP contribution in [0.5, 0.6) is 11.5 Å². The molecule has 2 atom stereocenters. The Morgan fingerprint density at radius 2 is 0.904 bits per heavy atom. The highest BCUT2D eigenvalue weighted by molar-refractivity contribution is 6.83. The fourth-order valence-corrected chi connectivity index (χ4v) is 9.99. The molecule has 0 aliphatic carbocycles. The lowest BCUT2D eigenvalue weighted by atomic mass is 9.77. The van der Waals surface area contributed by atoms with E-state index in [0.717, 1.165) is 72.8 Å². The summed E-state index contributed by atoms with van der Waals surface area (Å²) in [6.07, 6.45) is -12.8. The van der Waals surface area contributed by atoms with E-state index in [1.807, 2.05) is 12.1 Å². The third-order valence-corrected chi connectivity index (χ3v) is 14.5. The van der Waals surface area contributed by atoms with E-state index in [1.54, 1.807) is 97.1 Å². The van der Waals surface area contributed by atoms with Gasteiger partial charge < -0.3 is 35.2 Å². The summed E-state index contributed by atoms with van der Waals surface area (Å²) in [6.45, 7) is 2.00. The van der Waals surface area contributed by atoms with Crippen molar-refractivity contribution in [2.75, 3.05) is 13.2 Å². The summed E-state index contributed by atoms with van der Waals surface area (Å²) in [7, 11) is 0. The number of ether oxygens (including phenoxy) is 3. The van der Waals surface area contributed by atoms with Crippen molar-refractivity contribution >= 4 is 56.1 Å². The second-order valence-corrected chi connectivity index (χ2v) is 21.0. The van der Waals surface area contributed by atoms with Crippen molar-refractivity contribution in [3.63, 3.8) is 0 Å². The Balaban J connectivity index is 0.000000236. The normalized spacial score (nSPS) is 13.2. The number of hydrogen-bond donors (Lipinski definition) is 4. The highest BCUT2D eigenvalue weighted by Crippen LogP contribution is 2.40. The monoisotopic (exact) mass is 1330 g/mol. The molecule has 1 aliphatic rings. The van der Waals surface area contributed by atoms with Crippen molar-refractivity contribution in [3.8, 4) is 11.5 Å². The van der Waals surface area contributed by atoms with Gasteiger partial charge in [0.1, 0.15) is 34.8 Å². The molecule has 8 aromatic carbocycles. The average Bonchev–Trinajstić information content (AvgIpc) is 1.32. The Morgan fingerprint density at radius 1 is 0.500 bits per heavy atom. The standard InChI is InChI=1S/C32H22F6N2O3.C22H17F6NO.C10H6ClNO2.C4H8O.2CH4/c33-22-12-10-20(11-13-22)31(17-19-6-2-1-3-7-19,21-14-23(34)16-24(15-21)43-32(37,38)30(35)36)40-29(42)28(41)26-18-39-27-9-5-4-8-25(26)27;23-17-8-6-15(7-9-17)21(29,13-14-4-2-1-3-5-14)16-10-18(24)12-19(11-16)30-22(27,28)20(25)26;11-10(14)9(13)7-5-12-8-4-2-1-3-6(7)8;1-2-4-5-3-1;;/h1-16,18,30,39H,17H2,(H,40,42);1-12,20H,13,29H2;1-5,12H;1-4H2;2*1H4/t31-;21-;;;;/m11..../s1. The lowest BCUT2D eigenvalue weighted by Crippen LogP contribution is -2.51. The van der Waals surface area contributed by atoms with E-state index in [2.05, 4.69) is 24.8 Å². The minimum absolute atomic E-state index is 0. The van der Waals surface area contributed by atoms with Crippen molar-refractivity contribution < 1.29 is 86.1 Å². The molecule has 0 saturated carbocycles. The van der Waals surface area contributed by atoms with E-state index in [4.69, 9.17) is 22.1 Å². The van der Waals surface area contributed by atoms with Crippen molar-refractivity contribution in [3.05, 3.63) is 274 Å². The van der Waals surface area contributed by atoms with Gasteiger partial charge in [-0.25, -0.2) is 17.6 Å². The number of carbonyl (C=O) groups excluding carboxylic acids is 4. The second kappa shape index (κ2) is 32.2. The summed E-state index contributed by atoms with van der Waals surface area (Å²) in [5.41, 5.74) is 6.48. The number of carbonyl (C=O) groups is 4. The Labute approximate surface area is 536 Å². The number of H-pyrrole nitrogens is 2. The van der Waals surface area contributed by atoms with Crippen LogP contribution in [0.3, 0.4) is 0 Å². The molecular formula is C70H61ClF12N4O7. The largest absolute Gasteiger partial charge is 0.461 e. The van der Waals surface area contributed by atoms with Crippen LogP contribution in [0, 0.1) is 23.3 Å². The lowest BCUT2D eigenvalue weighted by Gasteiger charge is -2.36. The Hall–Kier alpha value is -9.71. The Morgan fingerprint density at radius 3 is 1.34 bits per heavy atom. The topological polar surface area (TPSA) is 166 Å². The molecule has 10 aromatic rings. The van der Waals surface area contributed by atoms with Crippen LogP contribution >= 0.6 is 11.6 Å². The highest BCUT2D eigenvalue weighted by Gasteiger charge is 2.46. The SMILES string of the molecule is C.C.C1CCOC1.N[C@](Cc1ccccc1)(c1ccc(F)cc1)c1cc(F)cc(OC(F)(F)C(F)F)c1.O=C(Cl)C(=O)c1c[nH]c2ccccc12.O=C(N[C@](Cc1ccccc1)(c1ccc(F)cc1)c1cc(F)cc(OC(F)(F)C(F)F)c1)C(=O)c1c[nH]c2ccccc12. The Kier molecular flexibility index (Phi) is 25.1. The van der Waals surface area contributed by atoms with Crippen LogP contribution in [-0.2, 0) is 38.2 Å². The summed E-state index contributed by atoms with van der Waals surface area (Å²) in [5, 5.41) is 2.84. The number of aromatic amines is 2. The zero-order valence-electron chi connectivity index (χ0n) is 47.9. The maximum Gasteiger partial charge on any atom is 0.461 e. The number of ketones is 2. The number of Topliss-reactive ketones (excluding diaryl/α,β-unsaturated/α-hetero) is 2. The smallest absolute Gasteiger partial charge is 0.428 e. The van der Waals surface area contributed by atoms with Crippen molar-refractivity contribution in [2.24, 2.45) is 5.73 Å². The molecule has 0 spiro atoms. The number of fused-ring (bicyclic) bond motifs is 2. The molecule has 24 heteroatoms. The number of alkyl halides is 8. The number of aromatic nitrogens is 2. The molecule has 0 radical (unpaired) electrons. The fraction of sp³-hybridized carbons (Fsp3) is 0.200. The molecule has 1 amide bonds. The fourth-order valence-electron chi connectivity index (χ4n) is 9.89. The second-order valence-electron chi connectivity index (χ2n) is 20.7. The van der Waals surface area contributed by atoms with E-state index >= 15 is 0 Å². The van der Waals surface area contributed by atoms with Crippen molar-refractivity contribution in [1.82, 2.24) is 15.3 Å². The van der Waals surface area contributed by atoms with E-state index in [1.165, 1.54) is 49.5 Å². The predicted molar refractivity (Wildman–Crippen MR) is 333 cm³/mol. The lowest BCUT2D eigenvalue weighted by molar-refractivity contribution is -0.253. The molecule has 11 rings (SSSR count). The predicted octanol–water partition coefficient (Wildman–Crippen LogP) is 17.0. The average molecular weight is 1330 g/mol. The number of hydrogen-bond acceptors (Lipinski definition) is 8. The van der Waals surface area contributed by atoms with E-state index < -0.39 is 93.6 Å². The highest BCUT2D eigenvalue weighted by atomic mass is 35.5. The number of amides is 1. The van der Waals surface area contributed by atoms with Gasteiger partial charge in [0, 0.05) is 66.0 Å². The van der Waals surface area contributed by atoms with E-state index in [-0.39, 0.29) is 49.9 Å². The molecule has 11 nitrogen and oxygen atoms in total. The maximum atomic E-state index is 15.0. The third kappa shape index (κ3) is 18.3. The maximum absolute atomic E-state index is 15.0. The van der Waals surface area contributed by atoms with Crippen LogP contribution in [0.2, 0.25) is 0 Å².